The van der Waals surface area contributed by atoms with Crippen LogP contribution in [0.25, 0.3) is 10.4 Å². The Hall–Kier alpha value is -1.82. The monoisotopic (exact) mass is 537 g/mol. The summed E-state index contributed by atoms with van der Waals surface area (Å²) in [6, 6.07) is 0. The van der Waals surface area contributed by atoms with Gasteiger partial charge in [-0.3, -0.25) is 4.79 Å². The zero-order chi connectivity index (χ0) is 28.0. The second-order valence-electron chi connectivity index (χ2n) is 15.2. The first-order chi connectivity index (χ1) is 18.3. The van der Waals surface area contributed by atoms with Crippen LogP contribution in [0.1, 0.15) is 93.4 Å². The summed E-state index contributed by atoms with van der Waals surface area (Å²) < 4.78 is 20.0. The first-order valence-electron chi connectivity index (χ1n) is 15.3. The lowest BCUT2D eigenvalue weighted by Gasteiger charge is -2.60. The van der Waals surface area contributed by atoms with Crippen molar-refractivity contribution < 1.29 is 19.0 Å². The van der Waals surface area contributed by atoms with Crippen molar-refractivity contribution in [3.63, 3.8) is 0 Å². The quantitative estimate of drug-likeness (QED) is 0.118. The van der Waals surface area contributed by atoms with Crippen LogP contribution in [0.3, 0.4) is 0 Å². The van der Waals surface area contributed by atoms with Crippen molar-refractivity contribution in [1.82, 2.24) is 0 Å². The molecule has 2 saturated heterocycles. The lowest BCUT2D eigenvalue weighted by atomic mass is 9.45. The molecule has 0 aromatic heterocycles. The van der Waals surface area contributed by atoms with E-state index in [0.717, 1.165) is 57.2 Å². The topological polar surface area (TPSA) is 93.5 Å². The maximum Gasteiger partial charge on any atom is 0.311 e. The smallest absolute Gasteiger partial charge is 0.311 e. The van der Waals surface area contributed by atoms with Gasteiger partial charge in [0.05, 0.1) is 18.1 Å². The van der Waals surface area contributed by atoms with E-state index in [9.17, 15) is 4.79 Å². The molecule has 6 rings (SSSR count). The number of hydrogen-bond acceptors (Lipinski definition) is 5. The summed E-state index contributed by atoms with van der Waals surface area (Å²) in [5, 5.41) is 3.98. The largest absolute Gasteiger partial charge is 0.461 e. The van der Waals surface area contributed by atoms with Crippen LogP contribution in [0, 0.1) is 51.8 Å². The van der Waals surface area contributed by atoms with E-state index < -0.39 is 11.2 Å². The fourth-order valence-electron chi connectivity index (χ4n) is 9.68. The number of fused-ring (bicyclic) bond motifs is 7. The van der Waals surface area contributed by atoms with Gasteiger partial charge >= 0.3 is 5.97 Å². The average molecular weight is 538 g/mol. The van der Waals surface area contributed by atoms with Crippen molar-refractivity contribution in [2.24, 2.45) is 56.9 Å². The highest BCUT2D eigenvalue weighted by molar-refractivity contribution is 5.75. The zero-order valence-corrected chi connectivity index (χ0v) is 24.9. The molecule has 0 amide bonds. The third kappa shape index (κ3) is 3.97. The van der Waals surface area contributed by atoms with Crippen LogP contribution in [-0.4, -0.2) is 30.6 Å². The van der Waals surface area contributed by atoms with Gasteiger partial charge in [-0.2, -0.15) is 0 Å². The van der Waals surface area contributed by atoms with Crippen molar-refractivity contribution in [2.45, 2.75) is 111 Å². The van der Waals surface area contributed by atoms with Crippen molar-refractivity contribution in [3.8, 4) is 0 Å². The Kier molecular flexibility index (Phi) is 6.38. The number of ether oxygens (including phenoxy) is 3. The zero-order valence-electron chi connectivity index (χ0n) is 24.9. The molecule has 0 bridgehead atoms. The normalized spacial score (nSPS) is 48.6. The number of carbonyl (C=O) groups is 1. The maximum absolute atomic E-state index is 13.5. The van der Waals surface area contributed by atoms with Crippen LogP contribution in [0.4, 0.5) is 0 Å². The third-order valence-corrected chi connectivity index (χ3v) is 12.1. The van der Waals surface area contributed by atoms with Gasteiger partial charge in [-0.05, 0) is 93.9 Å². The van der Waals surface area contributed by atoms with Crippen LogP contribution < -0.4 is 0 Å². The molecule has 214 valence electrons. The lowest BCUT2D eigenvalue weighted by molar-refractivity contribution is -0.265. The number of rotatable bonds is 2. The Bertz CT molecular complexity index is 1140. The van der Waals surface area contributed by atoms with E-state index in [0.29, 0.717) is 23.7 Å². The summed E-state index contributed by atoms with van der Waals surface area (Å²) in [4.78, 5) is 16.5. The molecule has 4 aliphatic carbocycles. The molecule has 0 aromatic carbocycles. The first-order valence-corrected chi connectivity index (χ1v) is 15.3. The Morgan fingerprint density at radius 1 is 1.21 bits per heavy atom. The van der Waals surface area contributed by atoms with Gasteiger partial charge in [0, 0.05) is 34.3 Å². The molecule has 1 spiro atoms. The van der Waals surface area contributed by atoms with E-state index in [4.69, 9.17) is 19.7 Å². The molecule has 0 radical (unpaired) electrons. The molecule has 7 heteroatoms. The van der Waals surface area contributed by atoms with E-state index in [1.54, 1.807) is 0 Å². The number of allylic oxidation sites excluding steroid dienone is 2. The number of nitrogens with zero attached hydrogens (tertiary/aromatic N) is 3. The molecule has 2 saturated carbocycles. The number of azide groups is 1. The van der Waals surface area contributed by atoms with E-state index in [-0.39, 0.29) is 40.8 Å². The summed E-state index contributed by atoms with van der Waals surface area (Å²) in [5.74, 6) is 1.70. The van der Waals surface area contributed by atoms with Crippen molar-refractivity contribution in [3.05, 3.63) is 33.9 Å². The Morgan fingerprint density at radius 2 is 1.97 bits per heavy atom. The van der Waals surface area contributed by atoms with Crippen LogP contribution in [0.2, 0.25) is 0 Å². The molecule has 2 heterocycles. The van der Waals surface area contributed by atoms with Gasteiger partial charge in [0.15, 0.2) is 5.79 Å². The SMILES string of the molecule is C[C@H]1CC[C@@]2(OC1)O[C@H]1C=C3[C@@H]4CCC5CC(N=[N+]=[N-])=CC[C@]5(C)[C@H]4C[C@H](OC(=O)C(C)(C)C)[C@]3(C)[C@H]1[C@@H]2C. The first kappa shape index (κ1) is 27.4. The van der Waals surface area contributed by atoms with Gasteiger partial charge < -0.3 is 14.2 Å². The molecule has 0 N–H and O–H groups in total. The third-order valence-electron chi connectivity index (χ3n) is 12.1. The Morgan fingerprint density at radius 3 is 2.64 bits per heavy atom. The predicted molar refractivity (Wildman–Crippen MR) is 149 cm³/mol. The van der Waals surface area contributed by atoms with Gasteiger partial charge in [0.1, 0.15) is 6.10 Å². The maximum atomic E-state index is 13.5. The van der Waals surface area contributed by atoms with Crippen molar-refractivity contribution in [2.75, 3.05) is 6.61 Å². The van der Waals surface area contributed by atoms with Gasteiger partial charge in [0.25, 0.3) is 0 Å². The molecule has 2 aliphatic heterocycles. The summed E-state index contributed by atoms with van der Waals surface area (Å²) in [7, 11) is 0. The molecule has 1 unspecified atom stereocenters. The molecule has 4 fully saturated rings. The lowest BCUT2D eigenvalue weighted by Crippen LogP contribution is -2.58. The fraction of sp³-hybridized carbons (Fsp3) is 0.844. The number of hydrogen-bond donors (Lipinski definition) is 0. The van der Waals surface area contributed by atoms with Crippen LogP contribution in [0.5, 0.6) is 0 Å². The molecular weight excluding hydrogens is 490 g/mol. The number of esters is 1. The van der Waals surface area contributed by atoms with Crippen LogP contribution in [0.15, 0.2) is 28.5 Å². The predicted octanol–water partition coefficient (Wildman–Crippen LogP) is 7.72. The molecule has 0 aromatic rings. The standard InChI is InChI=1S/C32H47N3O4/c1-18-10-13-32(37-17-18)19(2)27-25(39-32)15-24-22-9-8-20-14-21(34-35-33)11-12-30(20,6)23(22)16-26(31(24,27)7)38-28(36)29(3,4)5/h11,15,18-20,22-23,25-27H,8-10,12-14,16-17H2,1-7H3/t18-,19-,20?,22+,23-,25-,26-,27-,30-,31+,32+/m0/s1. The van der Waals surface area contributed by atoms with Gasteiger partial charge in [-0.15, -0.1) is 0 Å². The average Bonchev–Trinajstić information content (AvgIpc) is 3.32. The highest BCUT2D eigenvalue weighted by atomic mass is 16.7. The minimum Gasteiger partial charge on any atom is -0.461 e. The van der Waals surface area contributed by atoms with Gasteiger partial charge in [-0.1, -0.05) is 50.5 Å². The highest BCUT2D eigenvalue weighted by Gasteiger charge is 2.69. The summed E-state index contributed by atoms with van der Waals surface area (Å²) in [5.41, 5.74) is 10.6. The van der Waals surface area contributed by atoms with Crippen LogP contribution in [-0.2, 0) is 19.0 Å². The Labute approximate surface area is 233 Å². The van der Waals surface area contributed by atoms with E-state index in [1.807, 2.05) is 20.8 Å². The van der Waals surface area contributed by atoms with Gasteiger partial charge in [-0.25, -0.2) is 0 Å². The molecule has 7 nitrogen and oxygen atoms in total. The van der Waals surface area contributed by atoms with Crippen LogP contribution >= 0.6 is 0 Å². The van der Waals surface area contributed by atoms with E-state index in [1.165, 1.54) is 5.57 Å². The molecule has 6 aliphatic rings. The highest BCUT2D eigenvalue weighted by Crippen LogP contribution is 2.70. The summed E-state index contributed by atoms with van der Waals surface area (Å²) >= 11 is 0. The summed E-state index contributed by atoms with van der Waals surface area (Å²) in [6.45, 7) is 16.0. The van der Waals surface area contributed by atoms with Crippen molar-refractivity contribution >= 4 is 5.97 Å². The fourth-order valence-corrected chi connectivity index (χ4v) is 9.68. The minimum absolute atomic E-state index is 0.00338. The number of carbonyl (C=O) groups excluding carboxylic acids is 1. The van der Waals surface area contributed by atoms with E-state index >= 15 is 0 Å². The van der Waals surface area contributed by atoms with Gasteiger partial charge in [0.2, 0.25) is 0 Å². The molecular formula is C32H47N3O4. The molecule has 39 heavy (non-hydrogen) atoms. The van der Waals surface area contributed by atoms with Crippen molar-refractivity contribution in [1.29, 1.82) is 0 Å². The Balaban J connectivity index is 1.39. The second kappa shape index (κ2) is 9.09. The molecule has 11 atom stereocenters. The van der Waals surface area contributed by atoms with E-state index in [2.05, 4.69) is 49.9 Å². The minimum atomic E-state index is -0.562. The second-order valence-corrected chi connectivity index (χ2v) is 15.2. The summed E-state index contributed by atoms with van der Waals surface area (Å²) in [6.07, 6.45) is 11.3.